The maximum absolute atomic E-state index is 13.6. The fourth-order valence-electron chi connectivity index (χ4n) is 2.31. The Morgan fingerprint density at radius 1 is 1.31 bits per heavy atom. The van der Waals surface area contributed by atoms with E-state index in [0.717, 1.165) is 18.2 Å². The van der Waals surface area contributed by atoms with Crippen molar-refractivity contribution in [3.8, 4) is 5.75 Å². The normalized spacial score (nSPS) is 12.0. The SMILES string of the molecule is CC(C)(C)[Si](C)(C)Oc1cc([N+](=O)[O-])c(C(=O)c2cc(F)ccc2Cl)c(Br)c1N. The van der Waals surface area contributed by atoms with Gasteiger partial charge < -0.3 is 10.2 Å². The summed E-state index contributed by atoms with van der Waals surface area (Å²) >= 11 is 9.21. The van der Waals surface area contributed by atoms with Gasteiger partial charge in [-0.25, -0.2) is 4.39 Å². The van der Waals surface area contributed by atoms with Crippen molar-refractivity contribution in [2.75, 3.05) is 5.73 Å². The molecule has 0 heterocycles. The van der Waals surface area contributed by atoms with Gasteiger partial charge in [-0.1, -0.05) is 32.4 Å². The maximum Gasteiger partial charge on any atom is 0.285 e. The molecule has 0 aliphatic carbocycles. The number of nitro groups is 1. The summed E-state index contributed by atoms with van der Waals surface area (Å²) in [7, 11) is -2.36. The molecule has 0 aromatic heterocycles. The van der Waals surface area contributed by atoms with Crippen LogP contribution in [0.2, 0.25) is 23.2 Å². The zero-order chi connectivity index (χ0) is 22.3. The van der Waals surface area contributed by atoms with E-state index in [1.54, 1.807) is 0 Å². The molecule has 0 amide bonds. The van der Waals surface area contributed by atoms with Gasteiger partial charge in [0.1, 0.15) is 17.1 Å². The maximum atomic E-state index is 13.6. The van der Waals surface area contributed by atoms with Crippen molar-refractivity contribution in [2.45, 2.75) is 38.9 Å². The molecule has 0 spiro atoms. The highest BCUT2D eigenvalue weighted by atomic mass is 79.9. The van der Waals surface area contributed by atoms with Gasteiger partial charge in [0.05, 0.1) is 26.2 Å². The summed E-state index contributed by atoms with van der Waals surface area (Å²) in [6.45, 7) is 9.99. The first-order valence-electron chi connectivity index (χ1n) is 8.62. The molecular weight excluding hydrogens is 483 g/mol. The Morgan fingerprint density at radius 2 is 1.90 bits per heavy atom. The quantitative estimate of drug-likeness (QED) is 0.169. The van der Waals surface area contributed by atoms with Crippen LogP contribution in [0.5, 0.6) is 5.75 Å². The van der Waals surface area contributed by atoms with E-state index < -0.39 is 30.5 Å². The van der Waals surface area contributed by atoms with Gasteiger partial charge in [-0.15, -0.1) is 0 Å². The monoisotopic (exact) mass is 502 g/mol. The molecule has 0 atom stereocenters. The van der Waals surface area contributed by atoms with Crippen molar-refractivity contribution in [3.05, 3.63) is 60.8 Å². The zero-order valence-electron chi connectivity index (χ0n) is 16.6. The first kappa shape index (κ1) is 23.3. The number of anilines is 1. The minimum atomic E-state index is -2.36. The van der Waals surface area contributed by atoms with Gasteiger partial charge in [0.2, 0.25) is 5.78 Å². The van der Waals surface area contributed by atoms with Crippen molar-refractivity contribution < 1.29 is 18.5 Å². The van der Waals surface area contributed by atoms with Gasteiger partial charge in [0.25, 0.3) is 14.0 Å². The van der Waals surface area contributed by atoms with Crippen molar-refractivity contribution >= 4 is 53.0 Å². The number of benzene rings is 2. The number of hydrogen-bond acceptors (Lipinski definition) is 5. The fraction of sp³-hybridized carbons (Fsp3) is 0.316. The Morgan fingerprint density at radius 3 is 2.41 bits per heavy atom. The standard InChI is InChI=1S/C19H21BrClFN2O4Si/c1-19(2,3)29(4,5)28-14-9-13(24(26)27)15(16(20)17(14)23)18(25)11-8-10(22)6-7-12(11)21/h6-9H,23H2,1-5H3. The summed E-state index contributed by atoms with van der Waals surface area (Å²) in [6.07, 6.45) is 0. The second-order valence-corrected chi connectivity index (χ2v) is 14.0. The third kappa shape index (κ3) is 4.62. The Labute approximate surface area is 182 Å². The fourth-order valence-corrected chi connectivity index (χ4v) is 4.11. The molecule has 156 valence electrons. The van der Waals surface area contributed by atoms with Gasteiger partial charge in [-0.05, 0) is 52.3 Å². The molecule has 2 N–H and O–H groups in total. The van der Waals surface area contributed by atoms with Crippen LogP contribution in [0, 0.1) is 15.9 Å². The number of nitro benzene ring substituents is 1. The topological polar surface area (TPSA) is 95.5 Å². The van der Waals surface area contributed by atoms with Crippen molar-refractivity contribution in [1.29, 1.82) is 0 Å². The second-order valence-electron chi connectivity index (χ2n) is 8.07. The summed E-state index contributed by atoms with van der Waals surface area (Å²) in [5.41, 5.74) is 5.18. The van der Waals surface area contributed by atoms with Crippen molar-refractivity contribution in [1.82, 2.24) is 0 Å². The molecule has 2 aromatic carbocycles. The summed E-state index contributed by atoms with van der Waals surface area (Å²) in [6, 6.07) is 4.37. The molecular formula is C19H21BrClFN2O4Si. The Balaban J connectivity index is 2.70. The number of halogens is 3. The van der Waals surface area contributed by atoms with Crippen LogP contribution in [0.15, 0.2) is 28.7 Å². The number of nitrogen functional groups attached to an aromatic ring is 1. The highest BCUT2D eigenvalue weighted by Gasteiger charge is 2.40. The molecule has 0 aliphatic heterocycles. The van der Waals surface area contributed by atoms with Gasteiger partial charge in [-0.2, -0.15) is 0 Å². The molecule has 0 fully saturated rings. The number of hydrogen-bond donors (Lipinski definition) is 1. The lowest BCUT2D eigenvalue weighted by Gasteiger charge is -2.36. The largest absolute Gasteiger partial charge is 0.542 e. The third-order valence-electron chi connectivity index (χ3n) is 5.01. The summed E-state index contributed by atoms with van der Waals surface area (Å²) in [5, 5.41) is 11.5. The predicted molar refractivity (Wildman–Crippen MR) is 118 cm³/mol. The highest BCUT2D eigenvalue weighted by Crippen LogP contribution is 2.44. The van der Waals surface area contributed by atoms with E-state index in [1.165, 1.54) is 6.07 Å². The summed E-state index contributed by atoms with van der Waals surface area (Å²) < 4.78 is 19.8. The van der Waals surface area contributed by atoms with E-state index in [2.05, 4.69) is 15.9 Å². The van der Waals surface area contributed by atoms with E-state index in [9.17, 15) is 19.3 Å². The van der Waals surface area contributed by atoms with E-state index in [0.29, 0.717) is 0 Å². The lowest BCUT2D eigenvalue weighted by Crippen LogP contribution is -2.44. The minimum absolute atomic E-state index is 0.00531. The summed E-state index contributed by atoms with van der Waals surface area (Å²) in [5.74, 6) is -1.39. The van der Waals surface area contributed by atoms with Gasteiger partial charge in [0, 0.05) is 5.56 Å². The number of carbonyl (C=O) groups excluding carboxylic acids is 1. The zero-order valence-corrected chi connectivity index (χ0v) is 19.9. The molecule has 0 saturated carbocycles. The van der Waals surface area contributed by atoms with Gasteiger partial charge in [-0.3, -0.25) is 14.9 Å². The van der Waals surface area contributed by atoms with E-state index in [-0.39, 0.29) is 37.1 Å². The molecule has 0 aliphatic rings. The van der Waals surface area contributed by atoms with Crippen LogP contribution >= 0.6 is 27.5 Å². The van der Waals surface area contributed by atoms with Crippen LogP contribution in [0.3, 0.4) is 0 Å². The molecule has 0 bridgehead atoms. The first-order valence-corrected chi connectivity index (χ1v) is 12.7. The van der Waals surface area contributed by atoms with Crippen LogP contribution in [0.1, 0.15) is 36.7 Å². The smallest absolute Gasteiger partial charge is 0.285 e. The molecule has 0 unspecified atom stereocenters. The number of rotatable bonds is 5. The molecule has 2 rings (SSSR count). The molecule has 2 aromatic rings. The predicted octanol–water partition coefficient (Wildman–Crippen LogP) is 6.35. The minimum Gasteiger partial charge on any atom is -0.542 e. The van der Waals surface area contributed by atoms with Crippen LogP contribution in [-0.4, -0.2) is 19.0 Å². The Hall–Kier alpha value is -1.97. The average molecular weight is 504 g/mol. The highest BCUT2D eigenvalue weighted by molar-refractivity contribution is 9.10. The molecule has 29 heavy (non-hydrogen) atoms. The molecule has 10 heteroatoms. The van der Waals surface area contributed by atoms with Crippen molar-refractivity contribution in [3.63, 3.8) is 0 Å². The Kier molecular flexibility index (Phi) is 6.46. The number of ketones is 1. The molecule has 0 radical (unpaired) electrons. The van der Waals surface area contributed by atoms with E-state index >= 15 is 0 Å². The number of nitrogens with two attached hydrogens (primary N) is 1. The van der Waals surface area contributed by atoms with Crippen molar-refractivity contribution in [2.24, 2.45) is 0 Å². The first-order chi connectivity index (χ1) is 13.2. The average Bonchev–Trinajstić information content (AvgIpc) is 2.59. The third-order valence-corrected chi connectivity index (χ3v) is 10.5. The van der Waals surface area contributed by atoms with E-state index in [4.69, 9.17) is 21.8 Å². The lowest BCUT2D eigenvalue weighted by molar-refractivity contribution is -0.385. The molecule has 6 nitrogen and oxygen atoms in total. The van der Waals surface area contributed by atoms with Gasteiger partial charge >= 0.3 is 0 Å². The van der Waals surface area contributed by atoms with Crippen LogP contribution in [0.4, 0.5) is 15.8 Å². The van der Waals surface area contributed by atoms with Crippen LogP contribution in [0.25, 0.3) is 0 Å². The lowest BCUT2D eigenvalue weighted by atomic mass is 10.0. The number of carbonyl (C=O) groups is 1. The number of nitrogens with zero attached hydrogens (tertiary/aromatic N) is 1. The van der Waals surface area contributed by atoms with Crippen LogP contribution < -0.4 is 10.2 Å². The van der Waals surface area contributed by atoms with Gasteiger partial charge in [0.15, 0.2) is 0 Å². The molecule has 0 saturated heterocycles. The van der Waals surface area contributed by atoms with E-state index in [1.807, 2.05) is 33.9 Å². The second kappa shape index (κ2) is 8.04. The van der Waals surface area contributed by atoms with Crippen LogP contribution in [-0.2, 0) is 0 Å². The Bertz CT molecular complexity index is 1010. The summed E-state index contributed by atoms with van der Waals surface area (Å²) in [4.78, 5) is 24.0.